The molecule has 0 aromatic rings. The molecule has 3 atom stereocenters. The fourth-order valence-corrected chi connectivity index (χ4v) is 3.23. The lowest BCUT2D eigenvalue weighted by Gasteiger charge is -2.28. The first-order chi connectivity index (χ1) is 8.35. The number of nitrogens with one attached hydrogen (secondary N) is 1. The van der Waals surface area contributed by atoms with Gasteiger partial charge in [0.05, 0.1) is 13.2 Å². The van der Waals surface area contributed by atoms with Crippen LogP contribution in [0.15, 0.2) is 0 Å². The second-order valence-corrected chi connectivity index (χ2v) is 5.56. The molecule has 0 radical (unpaired) electrons. The molecule has 0 aliphatic carbocycles. The Bertz CT molecular complexity index is 222. The van der Waals surface area contributed by atoms with Crippen LogP contribution >= 0.6 is 0 Å². The summed E-state index contributed by atoms with van der Waals surface area (Å²) in [6.07, 6.45) is 5.31. The maximum Gasteiger partial charge on any atom is 0.0623 e. The van der Waals surface area contributed by atoms with E-state index in [2.05, 4.69) is 24.1 Å². The molecule has 0 saturated carbocycles. The monoisotopic (exact) mass is 240 g/mol. The molecule has 0 aromatic carbocycles. The van der Waals surface area contributed by atoms with Crippen LogP contribution in [-0.2, 0) is 4.74 Å². The fraction of sp³-hybridized carbons (Fsp3) is 1.00. The highest BCUT2D eigenvalue weighted by Gasteiger charge is 2.32. The van der Waals surface area contributed by atoms with E-state index in [1.165, 1.54) is 38.8 Å². The van der Waals surface area contributed by atoms with E-state index in [0.717, 1.165) is 25.8 Å². The Morgan fingerprint density at radius 1 is 1.29 bits per heavy atom. The zero-order valence-electron chi connectivity index (χ0n) is 11.5. The second-order valence-electron chi connectivity index (χ2n) is 5.56. The van der Waals surface area contributed by atoms with Crippen LogP contribution in [0.5, 0.6) is 0 Å². The van der Waals surface area contributed by atoms with Gasteiger partial charge in [-0.15, -0.1) is 0 Å². The van der Waals surface area contributed by atoms with E-state index in [0.29, 0.717) is 12.0 Å². The number of rotatable bonds is 6. The number of ether oxygens (including phenoxy) is 1. The van der Waals surface area contributed by atoms with Crippen LogP contribution in [0.3, 0.4) is 0 Å². The van der Waals surface area contributed by atoms with E-state index in [4.69, 9.17) is 4.74 Å². The van der Waals surface area contributed by atoms with Gasteiger partial charge in [0.25, 0.3) is 0 Å². The Balaban J connectivity index is 1.80. The van der Waals surface area contributed by atoms with Gasteiger partial charge in [0.2, 0.25) is 0 Å². The van der Waals surface area contributed by atoms with Crippen molar-refractivity contribution in [1.29, 1.82) is 0 Å². The standard InChI is InChI=1S/C14H28N2O/c1-3-7-15-14-11-17-10-12(14)9-16-8-5-6-13(16)4-2/h12-15H,3-11H2,1-2H3. The van der Waals surface area contributed by atoms with Gasteiger partial charge >= 0.3 is 0 Å². The molecule has 0 spiro atoms. The Hall–Kier alpha value is -0.120. The summed E-state index contributed by atoms with van der Waals surface area (Å²) in [5, 5.41) is 3.64. The van der Waals surface area contributed by atoms with E-state index in [1.54, 1.807) is 0 Å². The predicted octanol–water partition coefficient (Wildman–Crippen LogP) is 1.88. The number of hydrogen-bond donors (Lipinski definition) is 1. The average molecular weight is 240 g/mol. The van der Waals surface area contributed by atoms with Gasteiger partial charge in [-0.3, -0.25) is 4.90 Å². The molecule has 0 amide bonds. The average Bonchev–Trinajstić information content (AvgIpc) is 2.96. The molecule has 2 saturated heterocycles. The summed E-state index contributed by atoms with van der Waals surface area (Å²) in [4.78, 5) is 2.69. The van der Waals surface area contributed by atoms with Crippen molar-refractivity contribution in [3.63, 3.8) is 0 Å². The lowest BCUT2D eigenvalue weighted by molar-refractivity contribution is 0.161. The second kappa shape index (κ2) is 6.72. The van der Waals surface area contributed by atoms with Gasteiger partial charge < -0.3 is 10.1 Å². The lowest BCUT2D eigenvalue weighted by atomic mass is 10.0. The third-order valence-electron chi connectivity index (χ3n) is 4.29. The van der Waals surface area contributed by atoms with Crippen LogP contribution in [0.25, 0.3) is 0 Å². The predicted molar refractivity (Wildman–Crippen MR) is 71.3 cm³/mol. The number of nitrogens with zero attached hydrogens (tertiary/aromatic N) is 1. The van der Waals surface area contributed by atoms with Crippen LogP contribution in [0.2, 0.25) is 0 Å². The zero-order valence-corrected chi connectivity index (χ0v) is 11.5. The van der Waals surface area contributed by atoms with Crippen LogP contribution in [-0.4, -0.2) is 49.8 Å². The Labute approximate surface area is 106 Å². The SMILES string of the molecule is CCCNC1COCC1CN1CCCC1CC. The minimum atomic E-state index is 0.591. The number of hydrogen-bond acceptors (Lipinski definition) is 3. The van der Waals surface area contributed by atoms with Crippen LogP contribution < -0.4 is 5.32 Å². The molecule has 1 N–H and O–H groups in total. The molecule has 2 rings (SSSR count). The number of likely N-dealkylation sites (tertiary alicyclic amines) is 1. The third kappa shape index (κ3) is 3.43. The van der Waals surface area contributed by atoms with Gasteiger partial charge in [-0.1, -0.05) is 13.8 Å². The maximum absolute atomic E-state index is 5.66. The molecule has 3 heteroatoms. The van der Waals surface area contributed by atoms with Crippen LogP contribution in [0.1, 0.15) is 39.5 Å². The highest BCUT2D eigenvalue weighted by Crippen LogP contribution is 2.24. The molecule has 0 aromatic heterocycles. The van der Waals surface area contributed by atoms with E-state index in [9.17, 15) is 0 Å². The quantitative estimate of drug-likeness (QED) is 0.767. The summed E-state index contributed by atoms with van der Waals surface area (Å²) in [6.45, 7) is 10.1. The van der Waals surface area contributed by atoms with Crippen molar-refractivity contribution in [3.05, 3.63) is 0 Å². The summed E-state index contributed by atoms with van der Waals surface area (Å²) < 4.78 is 5.66. The van der Waals surface area contributed by atoms with Gasteiger partial charge in [-0.2, -0.15) is 0 Å². The molecule has 3 unspecified atom stereocenters. The van der Waals surface area contributed by atoms with Crippen molar-refractivity contribution in [2.45, 2.75) is 51.6 Å². The van der Waals surface area contributed by atoms with E-state index < -0.39 is 0 Å². The minimum absolute atomic E-state index is 0.591. The van der Waals surface area contributed by atoms with Crippen LogP contribution in [0, 0.1) is 5.92 Å². The Morgan fingerprint density at radius 2 is 2.18 bits per heavy atom. The molecule has 2 fully saturated rings. The zero-order chi connectivity index (χ0) is 12.1. The molecule has 3 nitrogen and oxygen atoms in total. The first-order valence-electron chi connectivity index (χ1n) is 7.40. The highest BCUT2D eigenvalue weighted by molar-refractivity contribution is 4.87. The lowest BCUT2D eigenvalue weighted by Crippen LogP contribution is -2.43. The van der Waals surface area contributed by atoms with Crippen molar-refractivity contribution in [2.24, 2.45) is 5.92 Å². The van der Waals surface area contributed by atoms with Crippen molar-refractivity contribution in [2.75, 3.05) is 32.8 Å². The maximum atomic E-state index is 5.66. The van der Waals surface area contributed by atoms with E-state index in [-0.39, 0.29) is 0 Å². The molecular weight excluding hydrogens is 212 g/mol. The molecule has 2 aliphatic rings. The summed E-state index contributed by atoms with van der Waals surface area (Å²) in [6, 6.07) is 1.43. The third-order valence-corrected chi connectivity index (χ3v) is 4.29. The first kappa shape index (κ1) is 13.3. The molecule has 0 bridgehead atoms. The smallest absolute Gasteiger partial charge is 0.0623 e. The highest BCUT2D eigenvalue weighted by atomic mass is 16.5. The fourth-order valence-electron chi connectivity index (χ4n) is 3.23. The van der Waals surface area contributed by atoms with Gasteiger partial charge in [-0.05, 0) is 38.8 Å². The Morgan fingerprint density at radius 3 is 2.94 bits per heavy atom. The van der Waals surface area contributed by atoms with Crippen molar-refractivity contribution < 1.29 is 4.74 Å². The Kier molecular flexibility index (Phi) is 5.26. The summed E-state index contributed by atoms with van der Waals surface area (Å²) >= 11 is 0. The normalized spacial score (nSPS) is 34.6. The van der Waals surface area contributed by atoms with Crippen molar-refractivity contribution >= 4 is 0 Å². The van der Waals surface area contributed by atoms with Gasteiger partial charge in [-0.25, -0.2) is 0 Å². The van der Waals surface area contributed by atoms with Gasteiger partial charge in [0.1, 0.15) is 0 Å². The molecule has 2 heterocycles. The molecular formula is C14H28N2O. The van der Waals surface area contributed by atoms with Crippen molar-refractivity contribution in [3.8, 4) is 0 Å². The summed E-state index contributed by atoms with van der Waals surface area (Å²) in [5.41, 5.74) is 0. The molecule has 100 valence electrons. The summed E-state index contributed by atoms with van der Waals surface area (Å²) in [7, 11) is 0. The molecule has 17 heavy (non-hydrogen) atoms. The topological polar surface area (TPSA) is 24.5 Å². The summed E-state index contributed by atoms with van der Waals surface area (Å²) in [5.74, 6) is 0.702. The largest absolute Gasteiger partial charge is 0.379 e. The van der Waals surface area contributed by atoms with E-state index >= 15 is 0 Å². The van der Waals surface area contributed by atoms with Gasteiger partial charge in [0, 0.05) is 24.5 Å². The van der Waals surface area contributed by atoms with Gasteiger partial charge in [0.15, 0.2) is 0 Å². The first-order valence-corrected chi connectivity index (χ1v) is 7.40. The van der Waals surface area contributed by atoms with Crippen molar-refractivity contribution in [1.82, 2.24) is 10.2 Å². The van der Waals surface area contributed by atoms with Crippen LogP contribution in [0.4, 0.5) is 0 Å². The minimum Gasteiger partial charge on any atom is -0.379 e. The van der Waals surface area contributed by atoms with E-state index in [1.807, 2.05) is 0 Å². The molecule has 2 aliphatic heterocycles.